The Hall–Kier alpha value is -3.16. The van der Waals surface area contributed by atoms with Crippen molar-refractivity contribution >= 4 is 62.9 Å². The van der Waals surface area contributed by atoms with Crippen LogP contribution in [0.25, 0.3) is 11.8 Å². The van der Waals surface area contributed by atoms with Crippen molar-refractivity contribution < 1.29 is 19.2 Å². The highest BCUT2D eigenvalue weighted by Crippen LogP contribution is 2.36. The molecular formula is C27H25IN4O5S. The van der Waals surface area contributed by atoms with Crippen LogP contribution in [0.4, 0.5) is 16.2 Å². The molecule has 0 radical (unpaired) electrons. The molecule has 2 fully saturated rings. The van der Waals surface area contributed by atoms with Gasteiger partial charge in [-0.15, -0.1) is 0 Å². The number of carbonyl (C=O) groups is 2. The molecule has 3 aromatic rings. The second kappa shape index (κ2) is 10.9. The predicted molar refractivity (Wildman–Crippen MR) is 156 cm³/mol. The molecule has 2 aliphatic rings. The molecule has 196 valence electrons. The summed E-state index contributed by atoms with van der Waals surface area (Å²) >= 11 is 3.14. The van der Waals surface area contributed by atoms with Crippen LogP contribution in [0.2, 0.25) is 0 Å². The van der Waals surface area contributed by atoms with Gasteiger partial charge in [0.05, 0.1) is 35.3 Å². The van der Waals surface area contributed by atoms with E-state index < -0.39 is 0 Å². The molecule has 9 nitrogen and oxygen atoms in total. The number of thioether (sulfide) groups is 1. The Labute approximate surface area is 237 Å². The van der Waals surface area contributed by atoms with Gasteiger partial charge in [0, 0.05) is 34.1 Å². The Morgan fingerprint density at radius 1 is 1.08 bits per heavy atom. The minimum absolute atomic E-state index is 0.0372. The van der Waals surface area contributed by atoms with E-state index in [4.69, 9.17) is 4.74 Å². The molecule has 0 unspecified atom stereocenters. The molecule has 2 amide bonds. The quantitative estimate of drug-likeness (QED) is 0.148. The lowest BCUT2D eigenvalue weighted by atomic mass is 10.2. The maximum Gasteiger partial charge on any atom is 0.294 e. The van der Waals surface area contributed by atoms with E-state index in [1.54, 1.807) is 18.2 Å². The normalized spacial score (nSPS) is 17.1. The van der Waals surface area contributed by atoms with Crippen LogP contribution in [0.15, 0.2) is 53.4 Å². The fraction of sp³-hybridized carbons (Fsp3) is 0.259. The minimum atomic E-state index is -0.354. The predicted octanol–water partition coefficient (Wildman–Crippen LogP) is 5.68. The number of carbonyl (C=O) groups excluding carboxylic acids is 2. The van der Waals surface area contributed by atoms with Crippen LogP contribution < -0.4 is 4.90 Å². The van der Waals surface area contributed by atoms with Crippen molar-refractivity contribution in [3.63, 3.8) is 0 Å². The number of ether oxygens (including phenoxy) is 1. The summed E-state index contributed by atoms with van der Waals surface area (Å²) in [7, 11) is 0. The SMILES string of the molecule is Cc1cc(/C=C2\SC(=O)N(Cc3ccc(I)cc3)C2=O)c(C)n1-c1ccc(N2CCOCC2)c([N+](=O)[O-])c1. The molecule has 11 heteroatoms. The Morgan fingerprint density at radius 2 is 1.79 bits per heavy atom. The average molecular weight is 644 g/mol. The van der Waals surface area contributed by atoms with E-state index in [0.717, 1.165) is 37.8 Å². The molecule has 5 rings (SSSR count). The molecule has 0 spiro atoms. The molecule has 0 bridgehead atoms. The second-order valence-electron chi connectivity index (χ2n) is 9.09. The van der Waals surface area contributed by atoms with Crippen LogP contribution in [0, 0.1) is 27.5 Å². The number of rotatable bonds is 6. The van der Waals surface area contributed by atoms with Gasteiger partial charge in [0.1, 0.15) is 5.69 Å². The Bertz CT molecular complexity index is 1460. The zero-order valence-electron chi connectivity index (χ0n) is 20.8. The van der Waals surface area contributed by atoms with Gasteiger partial charge in [0.15, 0.2) is 0 Å². The van der Waals surface area contributed by atoms with Crippen LogP contribution >= 0.6 is 34.4 Å². The smallest absolute Gasteiger partial charge is 0.294 e. The maximum absolute atomic E-state index is 13.1. The summed E-state index contributed by atoms with van der Waals surface area (Å²) in [5, 5.41) is 11.6. The van der Waals surface area contributed by atoms with Gasteiger partial charge in [-0.25, -0.2) is 0 Å². The van der Waals surface area contributed by atoms with E-state index in [1.165, 1.54) is 4.90 Å². The van der Waals surface area contributed by atoms with Gasteiger partial charge in [-0.2, -0.15) is 0 Å². The number of nitrogens with zero attached hydrogens (tertiary/aromatic N) is 4. The summed E-state index contributed by atoms with van der Waals surface area (Å²) in [4.78, 5) is 40.9. The number of hydrogen-bond donors (Lipinski definition) is 0. The van der Waals surface area contributed by atoms with Crippen molar-refractivity contribution in [1.82, 2.24) is 9.47 Å². The molecule has 1 aromatic heterocycles. The number of aromatic nitrogens is 1. The molecule has 0 N–H and O–H groups in total. The lowest BCUT2D eigenvalue weighted by Crippen LogP contribution is -2.36. The molecule has 0 saturated carbocycles. The number of morpholine rings is 1. The van der Waals surface area contributed by atoms with Crippen molar-refractivity contribution in [2.45, 2.75) is 20.4 Å². The van der Waals surface area contributed by atoms with Crippen molar-refractivity contribution in [3.8, 4) is 5.69 Å². The number of imide groups is 1. The largest absolute Gasteiger partial charge is 0.378 e. The Kier molecular flexibility index (Phi) is 7.59. The number of hydrogen-bond acceptors (Lipinski definition) is 7. The lowest BCUT2D eigenvalue weighted by molar-refractivity contribution is -0.384. The molecule has 38 heavy (non-hydrogen) atoms. The Balaban J connectivity index is 1.43. The molecule has 2 aromatic carbocycles. The first-order chi connectivity index (χ1) is 18.2. The third kappa shape index (κ3) is 5.22. The van der Waals surface area contributed by atoms with Crippen molar-refractivity contribution in [1.29, 1.82) is 0 Å². The number of aryl methyl sites for hydroxylation is 1. The van der Waals surface area contributed by atoms with Gasteiger partial charge in [-0.1, -0.05) is 12.1 Å². The number of amides is 2. The van der Waals surface area contributed by atoms with Gasteiger partial charge in [-0.05, 0) is 95.7 Å². The average Bonchev–Trinajstić information content (AvgIpc) is 3.34. The second-order valence-corrected chi connectivity index (χ2v) is 11.3. The number of nitro groups is 1. The first-order valence-corrected chi connectivity index (χ1v) is 13.9. The van der Waals surface area contributed by atoms with Crippen LogP contribution in [0.1, 0.15) is 22.5 Å². The Morgan fingerprint density at radius 3 is 2.47 bits per heavy atom. The van der Waals surface area contributed by atoms with Gasteiger partial charge in [0.2, 0.25) is 0 Å². The summed E-state index contributed by atoms with van der Waals surface area (Å²) < 4.78 is 8.40. The van der Waals surface area contributed by atoms with Gasteiger partial charge < -0.3 is 14.2 Å². The van der Waals surface area contributed by atoms with E-state index in [9.17, 15) is 19.7 Å². The van der Waals surface area contributed by atoms with Crippen LogP contribution in [-0.4, -0.2) is 51.8 Å². The maximum atomic E-state index is 13.1. The first-order valence-electron chi connectivity index (χ1n) is 12.0. The summed E-state index contributed by atoms with van der Waals surface area (Å²) in [5.74, 6) is -0.325. The third-order valence-electron chi connectivity index (χ3n) is 6.65. The van der Waals surface area contributed by atoms with Crippen LogP contribution in [0.5, 0.6) is 0 Å². The van der Waals surface area contributed by atoms with Crippen molar-refractivity contribution in [2.75, 3.05) is 31.2 Å². The monoisotopic (exact) mass is 644 g/mol. The number of nitro benzene ring substituents is 1. The molecule has 0 aliphatic carbocycles. The fourth-order valence-corrected chi connectivity index (χ4v) is 5.94. The molecule has 2 saturated heterocycles. The zero-order chi connectivity index (χ0) is 27.0. The van der Waals surface area contributed by atoms with Gasteiger partial charge >= 0.3 is 0 Å². The first kappa shape index (κ1) is 26.4. The summed E-state index contributed by atoms with van der Waals surface area (Å²) in [6, 6.07) is 14.9. The molecule has 3 heterocycles. The van der Waals surface area contributed by atoms with E-state index in [1.807, 2.05) is 59.7 Å². The number of benzene rings is 2. The van der Waals surface area contributed by atoms with Crippen molar-refractivity contribution in [2.24, 2.45) is 0 Å². The highest BCUT2D eigenvalue weighted by atomic mass is 127. The van der Waals surface area contributed by atoms with Gasteiger partial charge in [-0.3, -0.25) is 24.6 Å². The highest BCUT2D eigenvalue weighted by Gasteiger charge is 2.35. The molecule has 2 aliphatic heterocycles. The van der Waals surface area contributed by atoms with E-state index in [2.05, 4.69) is 22.6 Å². The minimum Gasteiger partial charge on any atom is -0.378 e. The van der Waals surface area contributed by atoms with Crippen LogP contribution in [0.3, 0.4) is 0 Å². The zero-order valence-corrected chi connectivity index (χ0v) is 23.8. The fourth-order valence-electron chi connectivity index (χ4n) is 4.75. The van der Waals surface area contributed by atoms with E-state index in [0.29, 0.717) is 42.6 Å². The standard InChI is InChI=1S/C27H25IN4O5S/c1-17-13-20(14-25-26(33)30(27(34)38-25)16-19-3-5-21(28)6-4-19)18(2)31(17)22-7-8-23(24(15-22)32(35)36)29-9-11-37-12-10-29/h3-8,13-15H,9-12,16H2,1-2H3/b25-14-. The molecular weight excluding hydrogens is 619 g/mol. The molecule has 0 atom stereocenters. The number of halogens is 1. The van der Waals surface area contributed by atoms with Crippen molar-refractivity contribution in [3.05, 3.63) is 89.6 Å². The highest BCUT2D eigenvalue weighted by molar-refractivity contribution is 14.1. The number of anilines is 1. The summed E-state index contributed by atoms with van der Waals surface area (Å²) in [6.07, 6.45) is 1.73. The third-order valence-corrected chi connectivity index (χ3v) is 8.28. The summed E-state index contributed by atoms with van der Waals surface area (Å²) in [6.45, 7) is 6.30. The van der Waals surface area contributed by atoms with E-state index in [-0.39, 0.29) is 28.3 Å². The van der Waals surface area contributed by atoms with Crippen LogP contribution in [-0.2, 0) is 16.1 Å². The van der Waals surface area contributed by atoms with Gasteiger partial charge in [0.25, 0.3) is 16.8 Å². The lowest BCUT2D eigenvalue weighted by Gasteiger charge is -2.28. The summed E-state index contributed by atoms with van der Waals surface area (Å²) in [5.41, 5.74) is 4.62. The topological polar surface area (TPSA) is 97.9 Å². The van der Waals surface area contributed by atoms with E-state index >= 15 is 0 Å².